The largest absolute Gasteiger partial charge is 0.391 e. The maximum absolute atomic E-state index is 12.0. The summed E-state index contributed by atoms with van der Waals surface area (Å²) in [6.07, 6.45) is 1.50. The Balaban J connectivity index is 2.55. The first-order valence-electron chi connectivity index (χ1n) is 7.77. The van der Waals surface area contributed by atoms with Gasteiger partial charge in [-0.2, -0.15) is 0 Å². The zero-order valence-corrected chi connectivity index (χ0v) is 13.6. The van der Waals surface area contributed by atoms with E-state index in [-0.39, 0.29) is 11.8 Å². The van der Waals surface area contributed by atoms with Gasteiger partial charge in [-0.3, -0.25) is 4.79 Å². The molecule has 0 saturated carbocycles. The van der Waals surface area contributed by atoms with Gasteiger partial charge in [0, 0.05) is 31.4 Å². The summed E-state index contributed by atoms with van der Waals surface area (Å²) in [5.41, 5.74) is 1.73. The van der Waals surface area contributed by atoms with Gasteiger partial charge in [0.15, 0.2) is 0 Å². The molecule has 1 aromatic rings. The molecule has 1 rings (SSSR count). The zero-order chi connectivity index (χ0) is 15.8. The highest BCUT2D eigenvalue weighted by molar-refractivity contribution is 5.94. The molecule has 4 heteroatoms. The van der Waals surface area contributed by atoms with E-state index in [0.717, 1.165) is 25.1 Å². The van der Waals surface area contributed by atoms with Crippen LogP contribution in [0.15, 0.2) is 24.3 Å². The van der Waals surface area contributed by atoms with Gasteiger partial charge in [-0.25, -0.2) is 0 Å². The number of anilines is 1. The molecule has 0 aliphatic carbocycles. The first kappa shape index (κ1) is 17.5. The lowest BCUT2D eigenvalue weighted by molar-refractivity contribution is 0.0850. The molecule has 0 radical (unpaired) electrons. The molecule has 1 aromatic carbocycles. The second-order valence-electron chi connectivity index (χ2n) is 5.63. The summed E-state index contributed by atoms with van der Waals surface area (Å²) in [7, 11) is 2.04. The maximum atomic E-state index is 12.0. The Kier molecular flexibility index (Phi) is 7.23. The van der Waals surface area contributed by atoms with Crippen LogP contribution in [0.1, 0.15) is 44.0 Å². The van der Waals surface area contributed by atoms with Crippen molar-refractivity contribution in [1.82, 2.24) is 5.32 Å². The van der Waals surface area contributed by atoms with Gasteiger partial charge in [0.1, 0.15) is 0 Å². The van der Waals surface area contributed by atoms with Crippen molar-refractivity contribution >= 4 is 11.6 Å². The Morgan fingerprint density at radius 1 is 1.29 bits per heavy atom. The Bertz CT molecular complexity index is 431. The molecule has 0 fully saturated rings. The summed E-state index contributed by atoms with van der Waals surface area (Å²) in [4.78, 5) is 14.2. The van der Waals surface area contributed by atoms with Crippen molar-refractivity contribution in [2.24, 2.45) is 5.92 Å². The number of hydrogen-bond acceptors (Lipinski definition) is 3. The predicted molar refractivity (Wildman–Crippen MR) is 87.8 cm³/mol. The van der Waals surface area contributed by atoms with Crippen LogP contribution in [0, 0.1) is 5.92 Å². The van der Waals surface area contributed by atoms with E-state index in [1.165, 1.54) is 0 Å². The number of benzene rings is 1. The topological polar surface area (TPSA) is 52.6 Å². The van der Waals surface area contributed by atoms with Gasteiger partial charge in [0.25, 0.3) is 5.91 Å². The van der Waals surface area contributed by atoms with Gasteiger partial charge in [-0.1, -0.05) is 27.2 Å². The summed E-state index contributed by atoms with van der Waals surface area (Å²) in [5.74, 6) is 0.0532. The maximum Gasteiger partial charge on any atom is 0.251 e. The van der Waals surface area contributed by atoms with Crippen LogP contribution in [0.3, 0.4) is 0 Å². The van der Waals surface area contributed by atoms with Crippen LogP contribution in [0.2, 0.25) is 0 Å². The number of amides is 1. The molecule has 2 atom stereocenters. The molecule has 21 heavy (non-hydrogen) atoms. The van der Waals surface area contributed by atoms with Gasteiger partial charge < -0.3 is 15.3 Å². The number of nitrogens with zero attached hydrogens (tertiary/aromatic N) is 1. The summed E-state index contributed by atoms with van der Waals surface area (Å²) >= 11 is 0. The number of carbonyl (C=O) groups excluding carboxylic acids is 1. The van der Waals surface area contributed by atoms with Gasteiger partial charge >= 0.3 is 0 Å². The summed E-state index contributed by atoms with van der Waals surface area (Å²) in [5, 5.41) is 12.7. The number of hydrogen-bond donors (Lipinski definition) is 2. The Morgan fingerprint density at radius 2 is 1.90 bits per heavy atom. The molecule has 118 valence electrons. The molecule has 0 aliphatic heterocycles. The van der Waals surface area contributed by atoms with Crippen LogP contribution in [-0.2, 0) is 0 Å². The van der Waals surface area contributed by atoms with Crippen LogP contribution >= 0.6 is 0 Å². The molecule has 2 unspecified atom stereocenters. The van der Waals surface area contributed by atoms with Gasteiger partial charge in [0.2, 0.25) is 0 Å². The number of aliphatic hydroxyl groups excluding tert-OH is 1. The van der Waals surface area contributed by atoms with E-state index in [9.17, 15) is 9.90 Å². The molecular formula is C17H28N2O2. The van der Waals surface area contributed by atoms with E-state index in [1.54, 1.807) is 0 Å². The van der Waals surface area contributed by atoms with Crippen molar-refractivity contribution in [3.63, 3.8) is 0 Å². The molecule has 0 aliphatic rings. The van der Waals surface area contributed by atoms with Crippen molar-refractivity contribution in [3.05, 3.63) is 29.8 Å². The average molecular weight is 292 g/mol. The third kappa shape index (κ3) is 5.38. The smallest absolute Gasteiger partial charge is 0.251 e. The second kappa shape index (κ2) is 8.67. The average Bonchev–Trinajstić information content (AvgIpc) is 2.51. The van der Waals surface area contributed by atoms with E-state index >= 15 is 0 Å². The highest BCUT2D eigenvalue weighted by Crippen LogP contribution is 2.14. The quantitative estimate of drug-likeness (QED) is 0.774. The number of nitrogens with one attached hydrogen (secondary N) is 1. The zero-order valence-electron chi connectivity index (χ0n) is 13.6. The van der Waals surface area contributed by atoms with E-state index in [0.29, 0.717) is 12.1 Å². The minimum atomic E-state index is -0.492. The number of carbonyl (C=O) groups is 1. The molecule has 4 nitrogen and oxygen atoms in total. The highest BCUT2D eigenvalue weighted by atomic mass is 16.3. The van der Waals surface area contributed by atoms with Crippen molar-refractivity contribution in [1.29, 1.82) is 0 Å². The lowest BCUT2D eigenvalue weighted by atomic mass is 10.0. The standard InChI is InChI=1S/C17H28N2O2/c1-5-11-19(4)15-9-7-14(8-10-15)17(21)18-12-16(20)13(3)6-2/h7-10,13,16,20H,5-6,11-12H2,1-4H3,(H,18,21). The monoisotopic (exact) mass is 292 g/mol. The van der Waals surface area contributed by atoms with Crippen LogP contribution in [0.4, 0.5) is 5.69 Å². The third-order valence-electron chi connectivity index (χ3n) is 3.90. The molecule has 0 bridgehead atoms. The van der Waals surface area contributed by atoms with Crippen LogP contribution in [0.25, 0.3) is 0 Å². The molecule has 0 aromatic heterocycles. The normalized spacial score (nSPS) is 13.6. The highest BCUT2D eigenvalue weighted by Gasteiger charge is 2.14. The second-order valence-corrected chi connectivity index (χ2v) is 5.63. The predicted octanol–water partition coefficient (Wildman–Crippen LogP) is 2.67. The number of rotatable bonds is 8. The molecule has 0 heterocycles. The van der Waals surface area contributed by atoms with Gasteiger partial charge in [-0.15, -0.1) is 0 Å². The fraction of sp³-hybridized carbons (Fsp3) is 0.588. The van der Waals surface area contributed by atoms with Crippen LogP contribution < -0.4 is 10.2 Å². The third-order valence-corrected chi connectivity index (χ3v) is 3.90. The Morgan fingerprint density at radius 3 is 2.43 bits per heavy atom. The minimum absolute atomic E-state index is 0.137. The molecule has 0 saturated heterocycles. The van der Waals surface area contributed by atoms with E-state index in [2.05, 4.69) is 17.1 Å². The molecule has 2 N–H and O–H groups in total. The summed E-state index contributed by atoms with van der Waals surface area (Å²) in [6, 6.07) is 7.56. The first-order chi connectivity index (χ1) is 9.99. The molecule has 0 spiro atoms. The first-order valence-corrected chi connectivity index (χ1v) is 7.77. The SMILES string of the molecule is CCCN(C)c1ccc(C(=O)NCC(O)C(C)CC)cc1. The number of aliphatic hydroxyl groups is 1. The summed E-state index contributed by atoms with van der Waals surface area (Å²) in [6.45, 7) is 7.44. The minimum Gasteiger partial charge on any atom is -0.391 e. The Labute approximate surface area is 128 Å². The van der Waals surface area contributed by atoms with E-state index in [4.69, 9.17) is 0 Å². The van der Waals surface area contributed by atoms with Crippen molar-refractivity contribution in [2.75, 3.05) is 25.0 Å². The van der Waals surface area contributed by atoms with E-state index in [1.807, 2.05) is 45.2 Å². The van der Waals surface area contributed by atoms with Crippen molar-refractivity contribution in [2.45, 2.75) is 39.7 Å². The van der Waals surface area contributed by atoms with E-state index < -0.39 is 6.10 Å². The fourth-order valence-electron chi connectivity index (χ4n) is 2.10. The molecular weight excluding hydrogens is 264 g/mol. The molecule has 1 amide bonds. The van der Waals surface area contributed by atoms with Crippen LogP contribution in [-0.4, -0.2) is 37.3 Å². The van der Waals surface area contributed by atoms with Crippen molar-refractivity contribution < 1.29 is 9.90 Å². The lowest BCUT2D eigenvalue weighted by Gasteiger charge is -2.19. The van der Waals surface area contributed by atoms with Crippen molar-refractivity contribution in [3.8, 4) is 0 Å². The Hall–Kier alpha value is -1.55. The fourth-order valence-corrected chi connectivity index (χ4v) is 2.10. The van der Waals surface area contributed by atoms with Gasteiger partial charge in [0.05, 0.1) is 6.10 Å². The van der Waals surface area contributed by atoms with Gasteiger partial charge in [-0.05, 0) is 36.6 Å². The summed E-state index contributed by atoms with van der Waals surface area (Å²) < 4.78 is 0. The lowest BCUT2D eigenvalue weighted by Crippen LogP contribution is -2.35. The van der Waals surface area contributed by atoms with Crippen LogP contribution in [0.5, 0.6) is 0 Å².